The number of halogens is 1. The van der Waals surface area contributed by atoms with Gasteiger partial charge in [0.1, 0.15) is 0 Å². The van der Waals surface area contributed by atoms with Crippen LogP contribution in [0, 0.1) is 18.3 Å². The summed E-state index contributed by atoms with van der Waals surface area (Å²) in [5, 5.41) is 11.7. The van der Waals surface area contributed by atoms with Crippen molar-refractivity contribution in [2.45, 2.75) is 20.4 Å². The molecular formula is C29H24BrN3O5S. The van der Waals surface area contributed by atoms with Crippen LogP contribution in [0.25, 0.3) is 6.08 Å². The van der Waals surface area contributed by atoms with Crippen LogP contribution >= 0.6 is 27.7 Å². The van der Waals surface area contributed by atoms with Gasteiger partial charge in [-0.2, -0.15) is 5.26 Å². The number of ether oxygens (including phenoxy) is 2. The minimum absolute atomic E-state index is 0.00847. The minimum atomic E-state index is -0.448. The first kappa shape index (κ1) is 28.0. The standard InChI is InChI=1S/C29H24BrN3O5S/c1-3-37-24-12-21(23(30)14-25(24)38-17-27(34)32-22-10-8-18(2)9-11-22)13-26-28(35)33(29(36)39-26)16-20-7-5-4-6-19(20)15-31/h4-14H,3,16-17H2,1-2H3,(H,32,34)/b26-13+. The predicted molar refractivity (Wildman–Crippen MR) is 153 cm³/mol. The third-order valence-electron chi connectivity index (χ3n) is 5.68. The maximum atomic E-state index is 13.1. The molecule has 39 heavy (non-hydrogen) atoms. The molecule has 3 aromatic rings. The molecule has 0 atom stereocenters. The molecule has 0 aliphatic carbocycles. The Balaban J connectivity index is 1.50. The Morgan fingerprint density at radius 1 is 1.10 bits per heavy atom. The van der Waals surface area contributed by atoms with Crippen LogP contribution in [0.15, 0.2) is 70.0 Å². The Hall–Kier alpha value is -4.07. The van der Waals surface area contributed by atoms with Crippen LogP contribution in [0.2, 0.25) is 0 Å². The number of anilines is 1. The molecule has 3 amide bonds. The second-order valence-corrected chi connectivity index (χ2v) is 10.3. The van der Waals surface area contributed by atoms with E-state index in [4.69, 9.17) is 9.47 Å². The first-order valence-electron chi connectivity index (χ1n) is 12.0. The molecule has 8 nitrogen and oxygen atoms in total. The smallest absolute Gasteiger partial charge is 0.293 e. The lowest BCUT2D eigenvalue weighted by Gasteiger charge is -2.14. The first-order chi connectivity index (χ1) is 18.8. The zero-order chi connectivity index (χ0) is 27.9. The number of aryl methyl sites for hydroxylation is 1. The third-order valence-corrected chi connectivity index (χ3v) is 7.28. The van der Waals surface area contributed by atoms with Crippen LogP contribution in [-0.4, -0.2) is 35.2 Å². The molecule has 4 rings (SSSR count). The fourth-order valence-electron chi connectivity index (χ4n) is 3.73. The normalized spacial score (nSPS) is 13.9. The van der Waals surface area contributed by atoms with Crippen molar-refractivity contribution in [3.05, 3.63) is 92.3 Å². The second-order valence-electron chi connectivity index (χ2n) is 8.49. The number of hydrogen-bond acceptors (Lipinski definition) is 7. The molecule has 0 unspecified atom stereocenters. The van der Waals surface area contributed by atoms with Gasteiger partial charge < -0.3 is 14.8 Å². The van der Waals surface area contributed by atoms with E-state index in [-0.39, 0.29) is 24.0 Å². The van der Waals surface area contributed by atoms with Crippen molar-refractivity contribution in [2.24, 2.45) is 0 Å². The van der Waals surface area contributed by atoms with Gasteiger partial charge in [-0.3, -0.25) is 19.3 Å². The van der Waals surface area contributed by atoms with E-state index in [1.165, 1.54) is 0 Å². The van der Waals surface area contributed by atoms with Gasteiger partial charge in [0.2, 0.25) is 0 Å². The number of nitrogens with one attached hydrogen (secondary N) is 1. The third kappa shape index (κ3) is 6.88. The van der Waals surface area contributed by atoms with Gasteiger partial charge in [0.25, 0.3) is 17.1 Å². The van der Waals surface area contributed by atoms with E-state index >= 15 is 0 Å². The minimum Gasteiger partial charge on any atom is -0.490 e. The molecule has 10 heteroatoms. The maximum absolute atomic E-state index is 13.1. The Labute approximate surface area is 238 Å². The van der Waals surface area contributed by atoms with Gasteiger partial charge in [0, 0.05) is 10.2 Å². The molecule has 1 heterocycles. The second kappa shape index (κ2) is 12.7. The highest BCUT2D eigenvalue weighted by Crippen LogP contribution is 2.38. The number of nitriles is 1. The molecular weight excluding hydrogens is 582 g/mol. The van der Waals surface area contributed by atoms with Crippen LogP contribution in [0.1, 0.15) is 29.2 Å². The summed E-state index contributed by atoms with van der Waals surface area (Å²) in [6, 6.07) is 19.7. The Morgan fingerprint density at radius 3 is 2.54 bits per heavy atom. The number of carbonyl (C=O) groups excluding carboxylic acids is 3. The summed E-state index contributed by atoms with van der Waals surface area (Å²) in [5.74, 6) is -0.0396. The number of thioether (sulfide) groups is 1. The molecule has 3 aromatic carbocycles. The van der Waals surface area contributed by atoms with E-state index in [2.05, 4.69) is 27.3 Å². The summed E-state index contributed by atoms with van der Waals surface area (Å²) in [7, 11) is 0. The van der Waals surface area contributed by atoms with E-state index in [1.807, 2.05) is 38.1 Å². The van der Waals surface area contributed by atoms with Crippen molar-refractivity contribution in [3.63, 3.8) is 0 Å². The highest BCUT2D eigenvalue weighted by atomic mass is 79.9. The van der Waals surface area contributed by atoms with Crippen LogP contribution in [0.5, 0.6) is 11.5 Å². The van der Waals surface area contributed by atoms with Crippen molar-refractivity contribution >= 4 is 56.5 Å². The molecule has 198 valence electrons. The Morgan fingerprint density at radius 2 is 1.82 bits per heavy atom. The van der Waals surface area contributed by atoms with Crippen molar-refractivity contribution < 1.29 is 23.9 Å². The van der Waals surface area contributed by atoms with E-state index in [0.717, 1.165) is 22.2 Å². The van der Waals surface area contributed by atoms with Gasteiger partial charge >= 0.3 is 0 Å². The number of carbonyl (C=O) groups is 3. The summed E-state index contributed by atoms with van der Waals surface area (Å²) in [6.45, 7) is 3.91. The largest absolute Gasteiger partial charge is 0.490 e. The van der Waals surface area contributed by atoms with E-state index in [0.29, 0.717) is 45.0 Å². The average molecular weight is 606 g/mol. The molecule has 1 aliphatic rings. The average Bonchev–Trinajstić information content (AvgIpc) is 3.18. The van der Waals surface area contributed by atoms with Crippen molar-refractivity contribution in [3.8, 4) is 17.6 Å². The molecule has 1 fully saturated rings. The lowest BCUT2D eigenvalue weighted by Crippen LogP contribution is -2.27. The molecule has 0 saturated carbocycles. The molecule has 1 N–H and O–H groups in total. The van der Waals surface area contributed by atoms with Crippen LogP contribution < -0.4 is 14.8 Å². The van der Waals surface area contributed by atoms with Gasteiger partial charge in [-0.05, 0) is 73.1 Å². The summed E-state index contributed by atoms with van der Waals surface area (Å²) >= 11 is 4.32. The molecule has 0 aromatic heterocycles. The van der Waals surface area contributed by atoms with Crippen LogP contribution in [-0.2, 0) is 16.1 Å². The number of amides is 3. The van der Waals surface area contributed by atoms with E-state index in [9.17, 15) is 19.6 Å². The van der Waals surface area contributed by atoms with Crippen molar-refractivity contribution in [1.29, 1.82) is 5.26 Å². The summed E-state index contributed by atoms with van der Waals surface area (Å²) in [5.41, 5.74) is 3.35. The van der Waals surface area contributed by atoms with Gasteiger partial charge in [0.15, 0.2) is 18.1 Å². The van der Waals surface area contributed by atoms with Gasteiger partial charge in [-0.15, -0.1) is 0 Å². The molecule has 1 aliphatic heterocycles. The van der Waals surface area contributed by atoms with Gasteiger partial charge in [-0.1, -0.05) is 51.8 Å². The lowest BCUT2D eigenvalue weighted by atomic mass is 10.1. The highest BCUT2D eigenvalue weighted by Gasteiger charge is 2.35. The van der Waals surface area contributed by atoms with Gasteiger partial charge in [-0.25, -0.2) is 0 Å². The van der Waals surface area contributed by atoms with Crippen LogP contribution in [0.4, 0.5) is 10.5 Å². The predicted octanol–water partition coefficient (Wildman–Crippen LogP) is 6.28. The summed E-state index contributed by atoms with van der Waals surface area (Å²) in [6.07, 6.45) is 1.60. The molecule has 0 spiro atoms. The Kier molecular flexibility index (Phi) is 9.07. The van der Waals surface area contributed by atoms with Crippen molar-refractivity contribution in [2.75, 3.05) is 18.5 Å². The quantitative estimate of drug-likeness (QED) is 0.286. The van der Waals surface area contributed by atoms with E-state index < -0.39 is 11.1 Å². The zero-order valence-electron chi connectivity index (χ0n) is 21.2. The van der Waals surface area contributed by atoms with Crippen LogP contribution in [0.3, 0.4) is 0 Å². The lowest BCUT2D eigenvalue weighted by molar-refractivity contribution is -0.123. The SMILES string of the molecule is CCOc1cc(/C=C2/SC(=O)N(Cc3ccccc3C#N)C2=O)c(Br)cc1OCC(=O)Nc1ccc(C)cc1. The number of imide groups is 1. The zero-order valence-corrected chi connectivity index (χ0v) is 23.6. The first-order valence-corrected chi connectivity index (χ1v) is 13.6. The topological polar surface area (TPSA) is 109 Å². The summed E-state index contributed by atoms with van der Waals surface area (Å²) < 4.78 is 12.1. The summed E-state index contributed by atoms with van der Waals surface area (Å²) in [4.78, 5) is 39.5. The molecule has 1 saturated heterocycles. The number of benzene rings is 3. The Bertz CT molecular complexity index is 1500. The number of hydrogen-bond donors (Lipinski definition) is 1. The molecule has 0 bridgehead atoms. The monoisotopic (exact) mass is 605 g/mol. The van der Waals surface area contributed by atoms with E-state index in [1.54, 1.807) is 42.5 Å². The fourth-order valence-corrected chi connectivity index (χ4v) is 5.00. The maximum Gasteiger partial charge on any atom is 0.293 e. The fraction of sp³-hybridized carbons (Fsp3) is 0.172. The number of rotatable bonds is 9. The van der Waals surface area contributed by atoms with Crippen molar-refractivity contribution in [1.82, 2.24) is 4.90 Å². The molecule has 0 radical (unpaired) electrons. The highest BCUT2D eigenvalue weighted by molar-refractivity contribution is 9.10. The number of nitrogens with zero attached hydrogens (tertiary/aromatic N) is 2. The van der Waals surface area contributed by atoms with Gasteiger partial charge in [0.05, 0.1) is 29.7 Å².